The fourth-order valence-corrected chi connectivity index (χ4v) is 3.33. The summed E-state index contributed by atoms with van der Waals surface area (Å²) < 4.78 is 42.0. The van der Waals surface area contributed by atoms with Crippen molar-refractivity contribution in [3.63, 3.8) is 0 Å². The molecule has 1 aromatic carbocycles. The zero-order chi connectivity index (χ0) is 18.0. The van der Waals surface area contributed by atoms with Crippen LogP contribution in [0.2, 0.25) is 0 Å². The number of halogens is 3. The maximum atomic E-state index is 12.4. The van der Waals surface area contributed by atoms with E-state index in [1.165, 1.54) is 0 Å². The van der Waals surface area contributed by atoms with Gasteiger partial charge in [0.05, 0.1) is 6.10 Å². The number of para-hydroxylation sites is 1. The van der Waals surface area contributed by atoms with Crippen LogP contribution >= 0.6 is 0 Å². The molecule has 0 aliphatic carbocycles. The Bertz CT molecular complexity index is 540. The van der Waals surface area contributed by atoms with Gasteiger partial charge in [-0.2, -0.15) is 13.2 Å². The molecule has 1 fully saturated rings. The Balaban J connectivity index is 2.00. The number of nitrogens with zero attached hydrogens (tertiary/aromatic N) is 1. The van der Waals surface area contributed by atoms with Gasteiger partial charge in [-0.05, 0) is 30.4 Å². The van der Waals surface area contributed by atoms with Crippen LogP contribution in [0.1, 0.15) is 32.8 Å². The lowest BCUT2D eigenvalue weighted by atomic mass is 9.73. The molecular weight excluding hydrogens is 319 g/mol. The molecule has 136 valence electrons. The van der Waals surface area contributed by atoms with Crippen LogP contribution in [-0.4, -0.2) is 42.0 Å². The monoisotopic (exact) mass is 345 g/mol. The van der Waals surface area contributed by atoms with Gasteiger partial charge in [0.2, 0.25) is 0 Å². The standard InChI is InChI=1S/C18H26F3NO2/c1-17(2,3)14-8-9-22(11-15(14)23)10-13-6-4-5-7-16(13)24-12-18(19,20)21/h4-7,14-15,23H,8-12H2,1-3H3/t14-,15+/m0/s1. The van der Waals surface area contributed by atoms with Crippen molar-refractivity contribution >= 4 is 0 Å². The lowest BCUT2D eigenvalue weighted by molar-refractivity contribution is -0.153. The Morgan fingerprint density at radius 3 is 2.46 bits per heavy atom. The van der Waals surface area contributed by atoms with Crippen molar-refractivity contribution in [1.29, 1.82) is 0 Å². The smallest absolute Gasteiger partial charge is 0.422 e. The van der Waals surface area contributed by atoms with Crippen LogP contribution in [0.15, 0.2) is 24.3 Å². The van der Waals surface area contributed by atoms with E-state index in [0.29, 0.717) is 18.7 Å². The molecule has 0 amide bonds. The topological polar surface area (TPSA) is 32.7 Å². The Kier molecular flexibility index (Phi) is 5.81. The maximum absolute atomic E-state index is 12.4. The number of ether oxygens (including phenoxy) is 1. The van der Waals surface area contributed by atoms with Crippen molar-refractivity contribution in [2.75, 3.05) is 19.7 Å². The molecule has 0 aromatic heterocycles. The van der Waals surface area contributed by atoms with Crippen LogP contribution in [0.3, 0.4) is 0 Å². The van der Waals surface area contributed by atoms with E-state index in [-0.39, 0.29) is 17.1 Å². The molecule has 0 spiro atoms. The molecule has 1 aliphatic rings. The Labute approximate surface area is 141 Å². The molecule has 3 nitrogen and oxygen atoms in total. The molecule has 0 saturated carbocycles. The number of alkyl halides is 3. The Hall–Kier alpha value is -1.27. The van der Waals surface area contributed by atoms with Gasteiger partial charge >= 0.3 is 6.18 Å². The number of hydrogen-bond donors (Lipinski definition) is 1. The van der Waals surface area contributed by atoms with Crippen molar-refractivity contribution in [2.24, 2.45) is 11.3 Å². The fourth-order valence-electron chi connectivity index (χ4n) is 3.33. The van der Waals surface area contributed by atoms with Crippen LogP contribution in [0.5, 0.6) is 5.75 Å². The fraction of sp³-hybridized carbons (Fsp3) is 0.667. The molecule has 0 bridgehead atoms. The molecule has 1 saturated heterocycles. The molecule has 1 N–H and O–H groups in total. The second-order valence-corrected chi connectivity index (χ2v) is 7.58. The molecular formula is C18H26F3NO2. The van der Waals surface area contributed by atoms with Crippen LogP contribution in [0.4, 0.5) is 13.2 Å². The zero-order valence-corrected chi connectivity index (χ0v) is 14.4. The third kappa shape index (κ3) is 5.38. The van der Waals surface area contributed by atoms with E-state index < -0.39 is 18.9 Å². The second-order valence-electron chi connectivity index (χ2n) is 7.58. The number of rotatable bonds is 4. The minimum absolute atomic E-state index is 0.0409. The van der Waals surface area contributed by atoms with Gasteiger partial charge in [0, 0.05) is 18.7 Å². The van der Waals surface area contributed by atoms with Gasteiger partial charge in [0.25, 0.3) is 0 Å². The highest BCUT2D eigenvalue weighted by molar-refractivity contribution is 5.33. The van der Waals surface area contributed by atoms with Crippen LogP contribution < -0.4 is 4.74 Å². The highest BCUT2D eigenvalue weighted by Gasteiger charge is 2.35. The van der Waals surface area contributed by atoms with Crippen LogP contribution in [0, 0.1) is 11.3 Å². The SMILES string of the molecule is CC(C)(C)[C@H]1CCN(Cc2ccccc2OCC(F)(F)F)C[C@H]1O. The summed E-state index contributed by atoms with van der Waals surface area (Å²) in [5.74, 6) is 0.479. The molecule has 1 aromatic rings. The van der Waals surface area contributed by atoms with Gasteiger partial charge in [0.1, 0.15) is 5.75 Å². The summed E-state index contributed by atoms with van der Waals surface area (Å²) >= 11 is 0. The van der Waals surface area contributed by atoms with E-state index in [2.05, 4.69) is 25.7 Å². The third-order valence-electron chi connectivity index (χ3n) is 4.54. The minimum atomic E-state index is -4.35. The van der Waals surface area contributed by atoms with E-state index in [4.69, 9.17) is 4.74 Å². The first-order valence-corrected chi connectivity index (χ1v) is 8.24. The van der Waals surface area contributed by atoms with Gasteiger partial charge in [-0.3, -0.25) is 4.90 Å². The van der Waals surface area contributed by atoms with Gasteiger partial charge in [-0.25, -0.2) is 0 Å². The minimum Gasteiger partial charge on any atom is -0.484 e. The lowest BCUT2D eigenvalue weighted by Gasteiger charge is -2.42. The van der Waals surface area contributed by atoms with E-state index in [0.717, 1.165) is 13.0 Å². The van der Waals surface area contributed by atoms with Gasteiger partial charge in [0.15, 0.2) is 6.61 Å². The molecule has 1 aliphatic heterocycles. The summed E-state index contributed by atoms with van der Waals surface area (Å²) in [5, 5.41) is 10.4. The summed E-state index contributed by atoms with van der Waals surface area (Å²) in [4.78, 5) is 2.07. The Morgan fingerprint density at radius 1 is 1.21 bits per heavy atom. The van der Waals surface area contributed by atoms with Crippen molar-refractivity contribution in [3.8, 4) is 5.75 Å². The largest absolute Gasteiger partial charge is 0.484 e. The van der Waals surface area contributed by atoms with Crippen LogP contribution in [0.25, 0.3) is 0 Å². The summed E-state index contributed by atoms with van der Waals surface area (Å²) in [6.07, 6.45) is -3.91. The summed E-state index contributed by atoms with van der Waals surface area (Å²) in [5.41, 5.74) is 0.752. The molecule has 1 heterocycles. The number of β-amino-alcohol motifs (C(OH)–C–C–N with tert-alkyl or cyclic N) is 1. The number of aliphatic hydroxyl groups excluding tert-OH is 1. The van der Waals surface area contributed by atoms with Crippen LogP contribution in [-0.2, 0) is 6.54 Å². The molecule has 2 atom stereocenters. The first-order chi connectivity index (χ1) is 11.1. The number of hydrogen-bond acceptors (Lipinski definition) is 3. The molecule has 2 rings (SSSR count). The highest BCUT2D eigenvalue weighted by atomic mass is 19.4. The normalized spacial score (nSPS) is 23.3. The highest BCUT2D eigenvalue weighted by Crippen LogP contribution is 2.35. The number of aliphatic hydroxyl groups is 1. The third-order valence-corrected chi connectivity index (χ3v) is 4.54. The average molecular weight is 345 g/mol. The summed E-state index contributed by atoms with van der Waals surface area (Å²) in [7, 11) is 0. The summed E-state index contributed by atoms with van der Waals surface area (Å²) in [6.45, 7) is 6.88. The predicted octanol–water partition coefficient (Wildman–Crippen LogP) is 3.86. The number of benzene rings is 1. The van der Waals surface area contributed by atoms with E-state index in [1.54, 1.807) is 24.3 Å². The first-order valence-electron chi connectivity index (χ1n) is 8.24. The van der Waals surface area contributed by atoms with Gasteiger partial charge in [-0.15, -0.1) is 0 Å². The maximum Gasteiger partial charge on any atom is 0.422 e. The average Bonchev–Trinajstić information content (AvgIpc) is 2.44. The van der Waals surface area contributed by atoms with Crippen molar-refractivity contribution in [1.82, 2.24) is 4.90 Å². The predicted molar refractivity (Wildman–Crippen MR) is 86.8 cm³/mol. The van der Waals surface area contributed by atoms with Crippen molar-refractivity contribution in [3.05, 3.63) is 29.8 Å². The lowest BCUT2D eigenvalue weighted by Crippen LogP contribution is -2.47. The zero-order valence-electron chi connectivity index (χ0n) is 14.4. The van der Waals surface area contributed by atoms with E-state index >= 15 is 0 Å². The van der Waals surface area contributed by atoms with E-state index in [1.807, 2.05) is 0 Å². The first kappa shape index (κ1) is 19.1. The quantitative estimate of drug-likeness (QED) is 0.899. The van der Waals surface area contributed by atoms with Gasteiger partial charge in [-0.1, -0.05) is 39.0 Å². The van der Waals surface area contributed by atoms with Crippen molar-refractivity contribution in [2.45, 2.75) is 46.0 Å². The number of likely N-dealkylation sites (tertiary alicyclic amines) is 1. The molecule has 24 heavy (non-hydrogen) atoms. The Morgan fingerprint density at radius 2 is 1.88 bits per heavy atom. The molecule has 6 heteroatoms. The summed E-state index contributed by atoms with van der Waals surface area (Å²) in [6, 6.07) is 6.78. The van der Waals surface area contributed by atoms with Crippen molar-refractivity contribution < 1.29 is 23.0 Å². The second kappa shape index (κ2) is 7.31. The van der Waals surface area contributed by atoms with E-state index in [9.17, 15) is 18.3 Å². The molecule has 0 radical (unpaired) electrons. The molecule has 0 unspecified atom stereocenters. The number of piperidine rings is 1. The van der Waals surface area contributed by atoms with Gasteiger partial charge < -0.3 is 9.84 Å².